The van der Waals surface area contributed by atoms with Crippen LogP contribution in [-0.2, 0) is 14.3 Å². The molecule has 6 heteroatoms. The van der Waals surface area contributed by atoms with Gasteiger partial charge in [0.1, 0.15) is 11.6 Å². The van der Waals surface area contributed by atoms with Crippen LogP contribution in [0.5, 0.6) is 0 Å². The first-order valence-electron chi connectivity index (χ1n) is 8.38. The van der Waals surface area contributed by atoms with Crippen LogP contribution in [-0.4, -0.2) is 36.1 Å². The molecule has 0 aromatic heterocycles. The quantitative estimate of drug-likeness (QED) is 0.602. The van der Waals surface area contributed by atoms with Crippen LogP contribution in [0.25, 0.3) is 0 Å². The molecule has 0 unspecified atom stereocenters. The summed E-state index contributed by atoms with van der Waals surface area (Å²) in [4.78, 5) is 36.3. The Balaban J connectivity index is 2.72. The van der Waals surface area contributed by atoms with E-state index in [1.165, 1.54) is 0 Å². The number of carbonyl (C=O) groups is 3. The van der Waals surface area contributed by atoms with Crippen molar-refractivity contribution in [3.8, 4) is 0 Å². The zero-order chi connectivity index (χ0) is 19.0. The fourth-order valence-corrected chi connectivity index (χ4v) is 2.18. The number of ether oxygens (including phenoxy) is 2. The number of esters is 1. The second-order valence-corrected chi connectivity index (χ2v) is 6.78. The SMILES string of the molecule is CCOC(=O)[C@@H](CCC(=O)c1cccc(C)c1)NC(=O)OC(C)(C)C. The maximum Gasteiger partial charge on any atom is 0.408 e. The lowest BCUT2D eigenvalue weighted by Gasteiger charge is -2.22. The van der Waals surface area contributed by atoms with Crippen LogP contribution in [0.15, 0.2) is 24.3 Å². The monoisotopic (exact) mass is 349 g/mol. The maximum absolute atomic E-state index is 12.3. The molecule has 1 aromatic carbocycles. The Morgan fingerprint density at radius 3 is 2.44 bits per heavy atom. The minimum absolute atomic E-state index is 0.0935. The van der Waals surface area contributed by atoms with Crippen LogP contribution in [0.1, 0.15) is 56.5 Å². The molecule has 1 rings (SSSR count). The smallest absolute Gasteiger partial charge is 0.408 e. The first-order chi connectivity index (χ1) is 11.6. The van der Waals surface area contributed by atoms with Crippen LogP contribution in [0, 0.1) is 6.92 Å². The number of Topliss-reactive ketones (excluding diaryl/α,β-unsaturated/α-hetero) is 1. The van der Waals surface area contributed by atoms with Gasteiger partial charge in [0, 0.05) is 12.0 Å². The Morgan fingerprint density at radius 2 is 1.88 bits per heavy atom. The minimum atomic E-state index is -0.927. The number of amides is 1. The predicted molar refractivity (Wildman–Crippen MR) is 94.5 cm³/mol. The van der Waals surface area contributed by atoms with Gasteiger partial charge in [-0.05, 0) is 47.1 Å². The lowest BCUT2D eigenvalue weighted by Crippen LogP contribution is -2.44. The van der Waals surface area contributed by atoms with Crippen LogP contribution >= 0.6 is 0 Å². The molecule has 25 heavy (non-hydrogen) atoms. The van der Waals surface area contributed by atoms with Crippen molar-refractivity contribution in [1.82, 2.24) is 5.32 Å². The van der Waals surface area contributed by atoms with Crippen LogP contribution in [0.3, 0.4) is 0 Å². The van der Waals surface area contributed by atoms with Crippen molar-refractivity contribution in [2.24, 2.45) is 0 Å². The van der Waals surface area contributed by atoms with E-state index in [1.54, 1.807) is 39.8 Å². The molecule has 0 bridgehead atoms. The summed E-state index contributed by atoms with van der Waals surface area (Å²) in [5.41, 5.74) is 0.889. The topological polar surface area (TPSA) is 81.7 Å². The molecule has 0 radical (unpaired) electrons. The summed E-state index contributed by atoms with van der Waals surface area (Å²) in [5.74, 6) is -0.672. The zero-order valence-corrected chi connectivity index (χ0v) is 15.5. The van der Waals surface area contributed by atoms with Gasteiger partial charge in [-0.3, -0.25) is 4.79 Å². The highest BCUT2D eigenvalue weighted by Gasteiger charge is 2.26. The van der Waals surface area contributed by atoms with E-state index < -0.39 is 23.7 Å². The fraction of sp³-hybridized carbons (Fsp3) is 0.526. The van der Waals surface area contributed by atoms with Gasteiger partial charge < -0.3 is 14.8 Å². The van der Waals surface area contributed by atoms with Crippen LogP contribution in [0.4, 0.5) is 4.79 Å². The zero-order valence-electron chi connectivity index (χ0n) is 15.5. The maximum atomic E-state index is 12.3. The van der Waals surface area contributed by atoms with Gasteiger partial charge in [-0.1, -0.05) is 23.8 Å². The summed E-state index contributed by atoms with van der Waals surface area (Å²) in [7, 11) is 0. The molecule has 1 amide bonds. The molecule has 0 aliphatic rings. The summed E-state index contributed by atoms with van der Waals surface area (Å²) < 4.78 is 10.1. The second-order valence-electron chi connectivity index (χ2n) is 6.78. The van der Waals surface area contributed by atoms with E-state index in [9.17, 15) is 14.4 Å². The molecule has 0 saturated carbocycles. The molecule has 1 aromatic rings. The molecule has 1 N–H and O–H groups in total. The lowest BCUT2D eigenvalue weighted by molar-refractivity contribution is -0.145. The van der Waals surface area contributed by atoms with Crippen molar-refractivity contribution in [3.05, 3.63) is 35.4 Å². The van der Waals surface area contributed by atoms with Gasteiger partial charge in [0.25, 0.3) is 0 Å². The average molecular weight is 349 g/mol. The molecule has 0 spiro atoms. The van der Waals surface area contributed by atoms with E-state index in [4.69, 9.17) is 9.47 Å². The number of alkyl carbamates (subject to hydrolysis) is 1. The third kappa shape index (κ3) is 7.83. The van der Waals surface area contributed by atoms with Crippen molar-refractivity contribution in [2.45, 2.75) is 59.1 Å². The number of aryl methyl sites for hydroxylation is 1. The molecular formula is C19H27NO5. The van der Waals surface area contributed by atoms with Crippen LogP contribution in [0.2, 0.25) is 0 Å². The Bertz CT molecular complexity index is 618. The molecule has 0 aliphatic carbocycles. The molecule has 0 heterocycles. The van der Waals surface area contributed by atoms with Gasteiger partial charge in [-0.2, -0.15) is 0 Å². The molecular weight excluding hydrogens is 322 g/mol. The predicted octanol–water partition coefficient (Wildman–Crippen LogP) is 3.41. The summed E-state index contributed by atoms with van der Waals surface area (Å²) >= 11 is 0. The number of nitrogens with one attached hydrogen (secondary N) is 1. The Morgan fingerprint density at radius 1 is 1.20 bits per heavy atom. The van der Waals surface area contributed by atoms with E-state index >= 15 is 0 Å². The van der Waals surface area contributed by atoms with E-state index in [0.29, 0.717) is 5.56 Å². The Labute approximate surface area is 148 Å². The summed E-state index contributed by atoms with van der Waals surface area (Å²) in [6, 6.07) is 6.31. The number of hydrogen-bond donors (Lipinski definition) is 1. The van der Waals surface area contributed by atoms with Crippen molar-refractivity contribution in [1.29, 1.82) is 0 Å². The minimum Gasteiger partial charge on any atom is -0.464 e. The first kappa shape index (κ1) is 20.7. The van der Waals surface area contributed by atoms with Gasteiger partial charge in [0.15, 0.2) is 5.78 Å². The number of carbonyl (C=O) groups excluding carboxylic acids is 3. The van der Waals surface area contributed by atoms with Crippen molar-refractivity contribution < 1.29 is 23.9 Å². The van der Waals surface area contributed by atoms with E-state index in [1.807, 2.05) is 19.1 Å². The highest BCUT2D eigenvalue weighted by molar-refractivity contribution is 5.96. The third-order valence-electron chi connectivity index (χ3n) is 3.26. The van der Waals surface area contributed by atoms with E-state index in [2.05, 4.69) is 5.32 Å². The van der Waals surface area contributed by atoms with Gasteiger partial charge >= 0.3 is 12.1 Å². The average Bonchev–Trinajstić information content (AvgIpc) is 2.49. The number of ketones is 1. The largest absolute Gasteiger partial charge is 0.464 e. The second kappa shape index (κ2) is 9.20. The standard InChI is InChI=1S/C19H27NO5/c1-6-24-17(22)15(20-18(23)25-19(3,4)5)10-11-16(21)14-9-7-8-13(2)12-14/h7-9,12,15H,6,10-11H2,1-5H3,(H,20,23)/t15-/m1/s1. The fourth-order valence-electron chi connectivity index (χ4n) is 2.18. The van der Waals surface area contributed by atoms with E-state index in [0.717, 1.165) is 5.56 Å². The normalized spacial score (nSPS) is 12.2. The van der Waals surface area contributed by atoms with Crippen molar-refractivity contribution in [2.75, 3.05) is 6.61 Å². The Hall–Kier alpha value is -2.37. The molecule has 0 aliphatic heterocycles. The summed E-state index contributed by atoms with van der Waals surface area (Å²) in [5, 5.41) is 2.49. The summed E-state index contributed by atoms with van der Waals surface area (Å²) in [6.07, 6.45) is -0.457. The van der Waals surface area contributed by atoms with E-state index in [-0.39, 0.29) is 25.2 Å². The number of hydrogen-bond acceptors (Lipinski definition) is 5. The van der Waals surface area contributed by atoms with Gasteiger partial charge in [0.05, 0.1) is 6.61 Å². The van der Waals surface area contributed by atoms with Crippen LogP contribution < -0.4 is 5.32 Å². The molecule has 138 valence electrons. The first-order valence-corrected chi connectivity index (χ1v) is 8.38. The van der Waals surface area contributed by atoms with Gasteiger partial charge in [0.2, 0.25) is 0 Å². The Kier molecular flexibility index (Phi) is 7.61. The molecule has 1 atom stereocenters. The highest BCUT2D eigenvalue weighted by atomic mass is 16.6. The number of rotatable bonds is 7. The summed E-state index contributed by atoms with van der Waals surface area (Å²) in [6.45, 7) is 8.97. The van der Waals surface area contributed by atoms with Gasteiger partial charge in [-0.15, -0.1) is 0 Å². The van der Waals surface area contributed by atoms with Crippen molar-refractivity contribution >= 4 is 17.8 Å². The number of benzene rings is 1. The molecule has 0 saturated heterocycles. The van der Waals surface area contributed by atoms with Crippen molar-refractivity contribution in [3.63, 3.8) is 0 Å². The molecule has 0 fully saturated rings. The highest BCUT2D eigenvalue weighted by Crippen LogP contribution is 2.12. The van der Waals surface area contributed by atoms with Gasteiger partial charge in [-0.25, -0.2) is 9.59 Å². The third-order valence-corrected chi connectivity index (χ3v) is 3.26. The molecule has 6 nitrogen and oxygen atoms in total. The lowest BCUT2D eigenvalue weighted by atomic mass is 10.0.